The lowest BCUT2D eigenvalue weighted by molar-refractivity contribution is -0.116. The van der Waals surface area contributed by atoms with Crippen LogP contribution in [0.1, 0.15) is 16.9 Å². The van der Waals surface area contributed by atoms with Crippen molar-refractivity contribution in [3.63, 3.8) is 0 Å². The number of aromatic nitrogens is 3. The number of hydrogen-bond donors (Lipinski definition) is 1. The smallest absolute Gasteiger partial charge is 0.262 e. The number of nitrogens with zero attached hydrogens (tertiary/aromatic N) is 3. The molecular weight excluding hydrogens is 436 g/mol. The van der Waals surface area contributed by atoms with Gasteiger partial charge in [0.2, 0.25) is 12.7 Å². The Balaban J connectivity index is 1.26. The Morgan fingerprint density at radius 1 is 1.26 bits per heavy atom. The monoisotopic (exact) mass is 454 g/mol. The summed E-state index contributed by atoms with van der Waals surface area (Å²) in [5.41, 5.74) is 2.47. The van der Waals surface area contributed by atoms with Crippen molar-refractivity contribution in [3.8, 4) is 22.8 Å². The summed E-state index contributed by atoms with van der Waals surface area (Å²) in [7, 11) is 0. The highest BCUT2D eigenvalue weighted by Gasteiger charge is 2.16. The minimum Gasteiger partial charge on any atom is -0.454 e. The van der Waals surface area contributed by atoms with E-state index < -0.39 is 0 Å². The van der Waals surface area contributed by atoms with Crippen molar-refractivity contribution in [3.05, 3.63) is 50.7 Å². The second-order valence-corrected chi connectivity index (χ2v) is 9.17. The van der Waals surface area contributed by atoms with Gasteiger partial charge in [-0.1, -0.05) is 0 Å². The average molecular weight is 455 g/mol. The molecule has 0 bridgehead atoms. The highest BCUT2D eigenvalue weighted by molar-refractivity contribution is 7.18. The lowest BCUT2D eigenvalue weighted by Gasteiger charge is -2.05. The van der Waals surface area contributed by atoms with Crippen LogP contribution >= 0.6 is 22.7 Å². The van der Waals surface area contributed by atoms with Crippen LogP contribution in [-0.4, -0.2) is 27.2 Å². The second-order valence-electron chi connectivity index (χ2n) is 7.11. The van der Waals surface area contributed by atoms with E-state index >= 15 is 0 Å². The molecule has 4 aromatic rings. The summed E-state index contributed by atoms with van der Waals surface area (Å²) >= 11 is 2.85. The number of carbonyl (C=O) groups is 1. The molecule has 0 saturated heterocycles. The van der Waals surface area contributed by atoms with Crippen LogP contribution in [-0.2, 0) is 11.3 Å². The maximum absolute atomic E-state index is 12.7. The SMILES string of the molecule is Cc1sc2ncn(CCC(=O)Nc3nc(-c4ccc5c(c4)OCO5)cs3)c(=O)c2c1C. The summed E-state index contributed by atoms with van der Waals surface area (Å²) in [6, 6.07) is 5.61. The van der Waals surface area contributed by atoms with Crippen LogP contribution in [0.15, 0.2) is 34.7 Å². The van der Waals surface area contributed by atoms with Gasteiger partial charge in [-0.05, 0) is 37.6 Å². The molecule has 10 heteroatoms. The zero-order valence-electron chi connectivity index (χ0n) is 16.8. The maximum Gasteiger partial charge on any atom is 0.262 e. The average Bonchev–Trinajstić information content (AvgIpc) is 3.47. The largest absolute Gasteiger partial charge is 0.454 e. The number of hydrogen-bond acceptors (Lipinski definition) is 8. The molecule has 158 valence electrons. The predicted octanol–water partition coefficient (Wildman–Crippen LogP) is 3.96. The lowest BCUT2D eigenvalue weighted by Crippen LogP contribution is -2.23. The topological polar surface area (TPSA) is 95.3 Å². The molecule has 1 aromatic carbocycles. The third kappa shape index (κ3) is 3.68. The molecule has 0 fully saturated rings. The van der Waals surface area contributed by atoms with Crippen LogP contribution in [0.2, 0.25) is 0 Å². The van der Waals surface area contributed by atoms with E-state index in [0.717, 1.165) is 26.5 Å². The van der Waals surface area contributed by atoms with Crippen molar-refractivity contribution in [1.29, 1.82) is 0 Å². The number of carbonyl (C=O) groups excluding carboxylic acids is 1. The van der Waals surface area contributed by atoms with E-state index in [1.54, 1.807) is 0 Å². The first kappa shape index (κ1) is 19.7. The Labute approximate surface area is 185 Å². The molecule has 3 aromatic heterocycles. The number of aryl methyl sites for hydroxylation is 3. The van der Waals surface area contributed by atoms with Crippen LogP contribution in [0, 0.1) is 13.8 Å². The third-order valence-corrected chi connectivity index (χ3v) is 7.03. The Kier molecular flexibility index (Phi) is 4.95. The molecule has 8 nitrogen and oxygen atoms in total. The summed E-state index contributed by atoms with van der Waals surface area (Å²) in [6.07, 6.45) is 1.66. The normalized spacial score (nSPS) is 12.5. The first-order chi connectivity index (χ1) is 15.0. The number of rotatable bonds is 5. The molecule has 0 unspecified atom stereocenters. The fraction of sp³-hybridized carbons (Fsp3) is 0.238. The summed E-state index contributed by atoms with van der Waals surface area (Å²) in [4.78, 5) is 35.8. The molecule has 31 heavy (non-hydrogen) atoms. The number of fused-ring (bicyclic) bond motifs is 2. The van der Waals surface area contributed by atoms with Gasteiger partial charge in [-0.3, -0.25) is 14.2 Å². The molecule has 0 aliphatic carbocycles. The van der Waals surface area contributed by atoms with Crippen LogP contribution in [0.25, 0.3) is 21.5 Å². The van der Waals surface area contributed by atoms with Gasteiger partial charge in [0, 0.05) is 28.8 Å². The van der Waals surface area contributed by atoms with E-state index in [2.05, 4.69) is 15.3 Å². The van der Waals surface area contributed by atoms with Crippen LogP contribution in [0.5, 0.6) is 11.5 Å². The molecule has 0 spiro atoms. The van der Waals surface area contributed by atoms with Crippen LogP contribution in [0.3, 0.4) is 0 Å². The first-order valence-corrected chi connectivity index (χ1v) is 11.3. The Hall–Kier alpha value is -3.24. The Bertz CT molecular complexity index is 1370. The van der Waals surface area contributed by atoms with Gasteiger partial charge in [0.15, 0.2) is 16.6 Å². The molecule has 5 rings (SSSR count). The van der Waals surface area contributed by atoms with E-state index in [0.29, 0.717) is 22.0 Å². The van der Waals surface area contributed by atoms with Gasteiger partial charge >= 0.3 is 0 Å². The van der Waals surface area contributed by atoms with E-state index in [-0.39, 0.29) is 31.2 Å². The summed E-state index contributed by atoms with van der Waals surface area (Å²) in [5.74, 6) is 1.18. The zero-order valence-corrected chi connectivity index (χ0v) is 18.4. The number of anilines is 1. The quantitative estimate of drug-likeness (QED) is 0.491. The van der Waals surface area contributed by atoms with Crippen molar-refractivity contribution in [1.82, 2.24) is 14.5 Å². The van der Waals surface area contributed by atoms with E-state index in [4.69, 9.17) is 9.47 Å². The first-order valence-electron chi connectivity index (χ1n) is 9.60. The molecule has 0 atom stereocenters. The highest BCUT2D eigenvalue weighted by atomic mass is 32.1. The number of benzene rings is 1. The summed E-state index contributed by atoms with van der Waals surface area (Å²) < 4.78 is 12.2. The van der Waals surface area contributed by atoms with Crippen molar-refractivity contribution in [2.24, 2.45) is 0 Å². The van der Waals surface area contributed by atoms with Crippen molar-refractivity contribution in [2.45, 2.75) is 26.8 Å². The van der Waals surface area contributed by atoms with E-state index in [9.17, 15) is 9.59 Å². The number of nitrogens with one attached hydrogen (secondary N) is 1. The molecule has 1 aliphatic rings. The molecule has 1 amide bonds. The molecular formula is C21H18N4O4S2. The van der Waals surface area contributed by atoms with Gasteiger partial charge in [-0.2, -0.15) is 0 Å². The van der Waals surface area contributed by atoms with Gasteiger partial charge in [0.25, 0.3) is 5.56 Å². The third-order valence-electron chi connectivity index (χ3n) is 5.15. The molecule has 0 saturated carbocycles. The lowest BCUT2D eigenvalue weighted by atomic mass is 10.1. The van der Waals surface area contributed by atoms with Gasteiger partial charge in [-0.25, -0.2) is 9.97 Å². The van der Waals surface area contributed by atoms with Crippen molar-refractivity contribution < 1.29 is 14.3 Å². The van der Waals surface area contributed by atoms with Crippen LogP contribution < -0.4 is 20.3 Å². The van der Waals surface area contributed by atoms with Gasteiger partial charge in [-0.15, -0.1) is 22.7 Å². The van der Waals surface area contributed by atoms with Gasteiger partial charge in [0.05, 0.1) is 17.4 Å². The number of thiazole rings is 1. The summed E-state index contributed by atoms with van der Waals surface area (Å²) in [5, 5.41) is 5.82. The van der Waals surface area contributed by atoms with Crippen LogP contribution in [0.4, 0.5) is 5.13 Å². The molecule has 1 N–H and O–H groups in total. The predicted molar refractivity (Wildman–Crippen MR) is 120 cm³/mol. The highest BCUT2D eigenvalue weighted by Crippen LogP contribution is 2.36. The molecule has 0 radical (unpaired) electrons. The van der Waals surface area contributed by atoms with Crippen molar-refractivity contribution >= 4 is 43.9 Å². The second kappa shape index (κ2) is 7.78. The number of ether oxygens (including phenoxy) is 2. The zero-order chi connectivity index (χ0) is 21.5. The fourth-order valence-corrected chi connectivity index (χ4v) is 5.08. The molecule has 1 aliphatic heterocycles. The molecule has 4 heterocycles. The fourth-order valence-electron chi connectivity index (χ4n) is 3.35. The number of amides is 1. The van der Waals surface area contributed by atoms with E-state index in [1.807, 2.05) is 37.4 Å². The minimum atomic E-state index is -0.211. The summed E-state index contributed by atoms with van der Waals surface area (Å²) in [6.45, 7) is 4.37. The maximum atomic E-state index is 12.7. The van der Waals surface area contributed by atoms with Gasteiger partial charge in [0.1, 0.15) is 4.83 Å². The minimum absolute atomic E-state index is 0.112. The van der Waals surface area contributed by atoms with Gasteiger partial charge < -0.3 is 14.8 Å². The standard InChI is InChI=1S/C21H18N4O4S2/c1-11-12(2)31-19-18(11)20(27)25(9-22-19)6-5-17(26)24-21-23-14(8-30-21)13-3-4-15-16(7-13)29-10-28-15/h3-4,7-9H,5-6,10H2,1-2H3,(H,23,24,26). The Morgan fingerprint density at radius 2 is 2.10 bits per heavy atom. The van der Waals surface area contributed by atoms with Crippen molar-refractivity contribution in [2.75, 3.05) is 12.1 Å². The van der Waals surface area contributed by atoms with E-state index in [1.165, 1.54) is 33.6 Å². The Morgan fingerprint density at radius 3 is 2.97 bits per heavy atom. The number of thiophene rings is 1.